The number of anilines is 1. The van der Waals surface area contributed by atoms with Crippen LogP contribution in [0.15, 0.2) is 84.9 Å². The van der Waals surface area contributed by atoms with Gasteiger partial charge in [0.1, 0.15) is 11.4 Å². The maximum absolute atomic E-state index is 13.5. The Bertz CT molecular complexity index is 1220. The normalized spacial score (nSPS) is 11.2. The highest BCUT2D eigenvalue weighted by atomic mass is 16.5. The minimum absolute atomic E-state index is 0.0575. The highest BCUT2D eigenvalue weighted by Crippen LogP contribution is 2.32. The molecule has 1 heterocycles. The number of benzene rings is 3. The lowest BCUT2D eigenvalue weighted by atomic mass is 9.87. The molecule has 0 radical (unpaired) electrons. The predicted octanol–water partition coefficient (Wildman–Crippen LogP) is 6.10. The maximum atomic E-state index is 13.5. The van der Waals surface area contributed by atoms with E-state index >= 15 is 0 Å². The molecule has 0 aliphatic rings. The first-order chi connectivity index (χ1) is 15.4. The summed E-state index contributed by atoms with van der Waals surface area (Å²) < 4.78 is 7.18. The Balaban J connectivity index is 1.76. The van der Waals surface area contributed by atoms with Gasteiger partial charge < -0.3 is 10.1 Å². The lowest BCUT2D eigenvalue weighted by Gasteiger charge is -2.21. The molecule has 162 valence electrons. The molecule has 0 saturated heterocycles. The van der Waals surface area contributed by atoms with Crippen LogP contribution < -0.4 is 10.1 Å². The average molecular weight is 426 g/mol. The molecule has 0 saturated carbocycles. The van der Waals surface area contributed by atoms with Gasteiger partial charge in [0, 0.05) is 5.56 Å². The Hall–Kier alpha value is -3.86. The molecule has 4 rings (SSSR count). The van der Waals surface area contributed by atoms with Gasteiger partial charge in [-0.1, -0.05) is 75.4 Å². The molecule has 3 aromatic carbocycles. The standard InChI is InChI=1S/C27H27N3O2/c1-27(2,3)20-15-16-25(32-4)23(17-20)28-26(31)24-18-22(19-11-7-5-8-12-19)29-30(24)21-13-9-6-10-14-21/h5-18H,1-4H3,(H,28,31). The van der Waals surface area contributed by atoms with Crippen molar-refractivity contribution >= 4 is 11.6 Å². The number of carbonyl (C=O) groups is 1. The number of ether oxygens (including phenoxy) is 1. The van der Waals surface area contributed by atoms with Crippen LogP contribution in [0.2, 0.25) is 0 Å². The van der Waals surface area contributed by atoms with Gasteiger partial charge in [-0.05, 0) is 41.3 Å². The largest absolute Gasteiger partial charge is 0.495 e. The lowest BCUT2D eigenvalue weighted by molar-refractivity contribution is 0.101. The van der Waals surface area contributed by atoms with Gasteiger partial charge in [0.25, 0.3) is 5.91 Å². The number of nitrogens with zero attached hydrogens (tertiary/aromatic N) is 2. The Kier molecular flexibility index (Phi) is 5.82. The summed E-state index contributed by atoms with van der Waals surface area (Å²) >= 11 is 0. The number of carbonyl (C=O) groups excluding carboxylic acids is 1. The number of nitrogens with one attached hydrogen (secondary N) is 1. The first-order valence-corrected chi connectivity index (χ1v) is 10.6. The molecule has 0 unspecified atom stereocenters. The molecule has 0 fully saturated rings. The van der Waals surface area contributed by atoms with E-state index in [9.17, 15) is 4.79 Å². The minimum Gasteiger partial charge on any atom is -0.495 e. The van der Waals surface area contributed by atoms with E-state index in [1.165, 1.54) is 0 Å². The summed E-state index contributed by atoms with van der Waals surface area (Å²) in [4.78, 5) is 13.5. The number of methoxy groups -OCH3 is 1. The molecule has 1 aromatic heterocycles. The molecular weight excluding hydrogens is 398 g/mol. The van der Waals surface area contributed by atoms with E-state index < -0.39 is 0 Å². The second kappa shape index (κ2) is 8.71. The third-order valence-electron chi connectivity index (χ3n) is 5.33. The van der Waals surface area contributed by atoms with Gasteiger partial charge in [-0.15, -0.1) is 0 Å². The van der Waals surface area contributed by atoms with E-state index in [1.807, 2.05) is 84.9 Å². The van der Waals surface area contributed by atoms with Gasteiger partial charge >= 0.3 is 0 Å². The van der Waals surface area contributed by atoms with Gasteiger partial charge in [-0.2, -0.15) is 5.10 Å². The zero-order valence-electron chi connectivity index (χ0n) is 18.8. The smallest absolute Gasteiger partial charge is 0.274 e. The van der Waals surface area contributed by atoms with Crippen LogP contribution in [0, 0.1) is 0 Å². The summed E-state index contributed by atoms with van der Waals surface area (Å²) in [7, 11) is 1.60. The first-order valence-electron chi connectivity index (χ1n) is 10.6. The zero-order valence-corrected chi connectivity index (χ0v) is 18.8. The molecule has 0 spiro atoms. The number of rotatable bonds is 5. The minimum atomic E-state index is -0.257. The van der Waals surface area contributed by atoms with Crippen LogP contribution in [-0.4, -0.2) is 22.8 Å². The van der Waals surface area contributed by atoms with Gasteiger partial charge in [0.05, 0.1) is 24.2 Å². The molecule has 1 N–H and O–H groups in total. The highest BCUT2D eigenvalue weighted by Gasteiger charge is 2.21. The van der Waals surface area contributed by atoms with Gasteiger partial charge in [-0.25, -0.2) is 4.68 Å². The summed E-state index contributed by atoms with van der Waals surface area (Å²) in [6.07, 6.45) is 0. The molecular formula is C27H27N3O2. The molecule has 5 heteroatoms. The van der Waals surface area contributed by atoms with Crippen molar-refractivity contribution in [3.8, 4) is 22.7 Å². The molecule has 4 aromatic rings. The summed E-state index contributed by atoms with van der Waals surface area (Å²) in [5.74, 6) is 0.355. The van der Waals surface area contributed by atoms with Crippen LogP contribution in [0.25, 0.3) is 16.9 Å². The fraction of sp³-hybridized carbons (Fsp3) is 0.185. The fourth-order valence-corrected chi connectivity index (χ4v) is 3.52. The molecule has 0 aliphatic carbocycles. The van der Waals surface area contributed by atoms with E-state index in [-0.39, 0.29) is 11.3 Å². The monoisotopic (exact) mass is 425 g/mol. The van der Waals surface area contributed by atoms with Crippen LogP contribution in [0.4, 0.5) is 5.69 Å². The topological polar surface area (TPSA) is 56.1 Å². The summed E-state index contributed by atoms with van der Waals surface area (Å²) in [5, 5.41) is 7.78. The molecule has 0 atom stereocenters. The van der Waals surface area contributed by atoms with Crippen molar-refractivity contribution in [2.45, 2.75) is 26.2 Å². The van der Waals surface area contributed by atoms with Crippen molar-refractivity contribution in [2.24, 2.45) is 0 Å². The van der Waals surface area contributed by atoms with Crippen molar-refractivity contribution in [1.82, 2.24) is 9.78 Å². The van der Waals surface area contributed by atoms with Crippen LogP contribution in [0.5, 0.6) is 5.75 Å². The third-order valence-corrected chi connectivity index (χ3v) is 5.33. The second-order valence-electron chi connectivity index (χ2n) is 8.65. The molecule has 5 nitrogen and oxygen atoms in total. The molecule has 0 bridgehead atoms. The van der Waals surface area contributed by atoms with Crippen LogP contribution in [0.3, 0.4) is 0 Å². The SMILES string of the molecule is COc1ccc(C(C)(C)C)cc1NC(=O)c1cc(-c2ccccc2)nn1-c1ccccc1. The lowest BCUT2D eigenvalue weighted by Crippen LogP contribution is -2.18. The number of hydrogen-bond donors (Lipinski definition) is 1. The summed E-state index contributed by atoms with van der Waals surface area (Å²) in [6.45, 7) is 6.41. The van der Waals surface area contributed by atoms with Crippen molar-refractivity contribution in [1.29, 1.82) is 0 Å². The summed E-state index contributed by atoms with van der Waals surface area (Å²) in [6, 6.07) is 27.2. The van der Waals surface area contributed by atoms with Crippen molar-refractivity contribution in [2.75, 3.05) is 12.4 Å². The number of hydrogen-bond acceptors (Lipinski definition) is 3. The Morgan fingerprint density at radius 2 is 1.56 bits per heavy atom. The van der Waals surface area contributed by atoms with Crippen molar-refractivity contribution in [3.63, 3.8) is 0 Å². The Morgan fingerprint density at radius 1 is 0.906 bits per heavy atom. The summed E-state index contributed by atoms with van der Waals surface area (Å²) in [5.41, 5.74) is 4.62. The first kappa shape index (κ1) is 21.4. The molecule has 1 amide bonds. The number of para-hydroxylation sites is 1. The number of amides is 1. The molecule has 0 aliphatic heterocycles. The van der Waals surface area contributed by atoms with E-state index in [0.717, 1.165) is 22.5 Å². The van der Waals surface area contributed by atoms with Gasteiger partial charge in [0.15, 0.2) is 0 Å². The van der Waals surface area contributed by atoms with Crippen LogP contribution in [-0.2, 0) is 5.41 Å². The van der Waals surface area contributed by atoms with E-state index in [2.05, 4.69) is 26.1 Å². The Labute approximate surface area is 188 Å². The van der Waals surface area contributed by atoms with Gasteiger partial charge in [0.2, 0.25) is 0 Å². The number of aromatic nitrogens is 2. The maximum Gasteiger partial charge on any atom is 0.274 e. The zero-order chi connectivity index (χ0) is 22.7. The Morgan fingerprint density at radius 3 is 2.19 bits per heavy atom. The average Bonchev–Trinajstić information content (AvgIpc) is 3.25. The van der Waals surface area contributed by atoms with E-state index in [0.29, 0.717) is 17.1 Å². The second-order valence-corrected chi connectivity index (χ2v) is 8.65. The predicted molar refractivity (Wildman–Crippen MR) is 129 cm³/mol. The van der Waals surface area contributed by atoms with Crippen molar-refractivity contribution < 1.29 is 9.53 Å². The quantitative estimate of drug-likeness (QED) is 0.420. The fourth-order valence-electron chi connectivity index (χ4n) is 3.52. The van der Waals surface area contributed by atoms with E-state index in [4.69, 9.17) is 9.84 Å². The highest BCUT2D eigenvalue weighted by molar-refractivity contribution is 6.05. The van der Waals surface area contributed by atoms with Crippen LogP contribution in [0.1, 0.15) is 36.8 Å². The van der Waals surface area contributed by atoms with Gasteiger partial charge in [-0.3, -0.25) is 4.79 Å². The third kappa shape index (κ3) is 4.42. The molecule has 32 heavy (non-hydrogen) atoms. The van der Waals surface area contributed by atoms with Crippen molar-refractivity contribution in [3.05, 3.63) is 96.2 Å². The van der Waals surface area contributed by atoms with Crippen LogP contribution >= 0.6 is 0 Å². The van der Waals surface area contributed by atoms with E-state index in [1.54, 1.807) is 11.8 Å².